The molecular formula is C17H15N7O. The number of nitrogens with zero attached hydrogens (tertiary/aromatic N) is 5. The monoisotopic (exact) mass is 333 g/mol. The van der Waals surface area contributed by atoms with Crippen molar-refractivity contribution in [2.45, 2.75) is 0 Å². The number of hydrogen-bond donors (Lipinski definition) is 2. The Bertz CT molecular complexity index is 1080. The number of hydrogen-bond acceptors (Lipinski definition) is 5. The van der Waals surface area contributed by atoms with Gasteiger partial charge in [0.15, 0.2) is 0 Å². The number of aryl methyl sites for hydroxylation is 1. The van der Waals surface area contributed by atoms with Crippen molar-refractivity contribution in [2.75, 3.05) is 5.32 Å². The van der Waals surface area contributed by atoms with Gasteiger partial charge < -0.3 is 15.6 Å². The predicted octanol–water partition coefficient (Wildman–Crippen LogP) is 2.00. The second kappa shape index (κ2) is 5.75. The maximum atomic E-state index is 11.7. The minimum atomic E-state index is -0.474. The number of anilines is 2. The molecule has 0 bridgehead atoms. The average molecular weight is 333 g/mol. The van der Waals surface area contributed by atoms with E-state index in [1.165, 1.54) is 0 Å². The second-order valence-corrected chi connectivity index (χ2v) is 5.56. The maximum absolute atomic E-state index is 11.7. The fourth-order valence-electron chi connectivity index (χ4n) is 2.72. The van der Waals surface area contributed by atoms with E-state index < -0.39 is 5.91 Å². The summed E-state index contributed by atoms with van der Waals surface area (Å²) < 4.78 is 3.51. The van der Waals surface area contributed by atoms with Crippen LogP contribution in [0.3, 0.4) is 0 Å². The number of benzene rings is 1. The van der Waals surface area contributed by atoms with Crippen LogP contribution >= 0.6 is 0 Å². The first kappa shape index (κ1) is 14.9. The number of amides is 1. The number of nitrogens with one attached hydrogen (secondary N) is 1. The quantitative estimate of drug-likeness (QED) is 0.594. The minimum Gasteiger partial charge on any atom is -0.366 e. The molecule has 0 radical (unpaired) electrons. The summed E-state index contributed by atoms with van der Waals surface area (Å²) in [5.74, 6) is 0.590. The van der Waals surface area contributed by atoms with E-state index >= 15 is 0 Å². The molecule has 0 atom stereocenters. The van der Waals surface area contributed by atoms with Crippen LogP contribution < -0.4 is 11.1 Å². The normalized spacial score (nSPS) is 10.9. The zero-order chi connectivity index (χ0) is 17.4. The summed E-state index contributed by atoms with van der Waals surface area (Å²) >= 11 is 0. The lowest BCUT2D eigenvalue weighted by molar-refractivity contribution is 0.100. The topological polar surface area (TPSA) is 104 Å². The molecule has 4 rings (SSSR count). The molecule has 25 heavy (non-hydrogen) atoms. The molecule has 0 spiro atoms. The summed E-state index contributed by atoms with van der Waals surface area (Å²) in [6.07, 6.45) is 6.86. The molecule has 4 aromatic rings. The third-order valence-corrected chi connectivity index (χ3v) is 3.83. The molecule has 0 fully saturated rings. The van der Waals surface area contributed by atoms with Crippen molar-refractivity contribution >= 4 is 28.4 Å². The predicted molar refractivity (Wildman–Crippen MR) is 93.9 cm³/mol. The Morgan fingerprint density at radius 2 is 2.04 bits per heavy atom. The van der Waals surface area contributed by atoms with Crippen molar-refractivity contribution in [3.63, 3.8) is 0 Å². The number of primary amides is 1. The summed E-state index contributed by atoms with van der Waals surface area (Å²) in [6.45, 7) is 0. The third-order valence-electron chi connectivity index (χ3n) is 3.83. The largest absolute Gasteiger partial charge is 0.366 e. The number of carbonyl (C=O) groups is 1. The number of fused-ring (bicyclic) bond motifs is 1. The first-order valence-electron chi connectivity index (χ1n) is 7.61. The van der Waals surface area contributed by atoms with Gasteiger partial charge in [-0.15, -0.1) is 0 Å². The van der Waals surface area contributed by atoms with Crippen LogP contribution in [0.1, 0.15) is 10.4 Å². The number of rotatable bonds is 4. The van der Waals surface area contributed by atoms with Crippen LogP contribution in [-0.2, 0) is 7.05 Å². The van der Waals surface area contributed by atoms with Gasteiger partial charge in [-0.05, 0) is 12.1 Å². The van der Waals surface area contributed by atoms with Crippen molar-refractivity contribution in [1.29, 1.82) is 0 Å². The Hall–Kier alpha value is -3.68. The molecule has 124 valence electrons. The van der Waals surface area contributed by atoms with Crippen LogP contribution in [0.5, 0.6) is 0 Å². The molecule has 3 N–H and O–H groups in total. The fourth-order valence-corrected chi connectivity index (χ4v) is 2.72. The Labute approximate surface area is 142 Å². The van der Waals surface area contributed by atoms with E-state index in [2.05, 4.69) is 20.4 Å². The molecule has 0 saturated carbocycles. The van der Waals surface area contributed by atoms with Gasteiger partial charge in [0, 0.05) is 31.0 Å². The average Bonchev–Trinajstić information content (AvgIpc) is 3.19. The number of nitrogens with two attached hydrogens (primary N) is 1. The molecule has 8 nitrogen and oxygen atoms in total. The molecule has 3 heterocycles. The van der Waals surface area contributed by atoms with Crippen LogP contribution in [-0.4, -0.2) is 30.2 Å². The summed E-state index contributed by atoms with van der Waals surface area (Å²) in [5, 5.41) is 7.99. The Morgan fingerprint density at radius 1 is 1.20 bits per heavy atom. The van der Waals surface area contributed by atoms with E-state index in [-0.39, 0.29) is 0 Å². The standard InChI is InChI=1S/C17H15N7O/c1-23-9-11(8-20-23)21-17-19-7-6-15(22-17)24-10-13(16(18)25)12-4-2-3-5-14(12)24/h2-10H,1H3,(H2,18,25)(H,19,21,22). The van der Waals surface area contributed by atoms with Gasteiger partial charge in [0.1, 0.15) is 5.82 Å². The number of para-hydroxylation sites is 1. The molecule has 0 aliphatic carbocycles. The first-order chi connectivity index (χ1) is 12.1. The molecule has 0 saturated heterocycles. The highest BCUT2D eigenvalue weighted by atomic mass is 16.1. The van der Waals surface area contributed by atoms with E-state index in [0.717, 1.165) is 16.6 Å². The van der Waals surface area contributed by atoms with Gasteiger partial charge in [-0.2, -0.15) is 10.1 Å². The van der Waals surface area contributed by atoms with Gasteiger partial charge in [0.2, 0.25) is 5.95 Å². The molecule has 0 aliphatic rings. The van der Waals surface area contributed by atoms with Gasteiger partial charge in [0.25, 0.3) is 5.91 Å². The first-order valence-corrected chi connectivity index (χ1v) is 7.61. The molecule has 1 amide bonds. The van der Waals surface area contributed by atoms with Crippen molar-refractivity contribution in [2.24, 2.45) is 12.8 Å². The summed E-state index contributed by atoms with van der Waals surface area (Å²) in [7, 11) is 1.83. The molecular weight excluding hydrogens is 318 g/mol. The lowest BCUT2D eigenvalue weighted by Crippen LogP contribution is -2.10. The van der Waals surface area contributed by atoms with Crippen molar-refractivity contribution in [3.8, 4) is 5.82 Å². The van der Waals surface area contributed by atoms with Crippen molar-refractivity contribution in [3.05, 3.63) is 60.7 Å². The Balaban J connectivity index is 1.79. The van der Waals surface area contributed by atoms with Gasteiger partial charge in [0.05, 0.1) is 23.0 Å². The van der Waals surface area contributed by atoms with Gasteiger partial charge >= 0.3 is 0 Å². The summed E-state index contributed by atoms with van der Waals surface area (Å²) in [5.41, 5.74) is 7.59. The van der Waals surface area contributed by atoms with Crippen LogP contribution in [0.4, 0.5) is 11.6 Å². The van der Waals surface area contributed by atoms with Crippen LogP contribution in [0, 0.1) is 0 Å². The fraction of sp³-hybridized carbons (Fsp3) is 0.0588. The van der Waals surface area contributed by atoms with Gasteiger partial charge in [-0.25, -0.2) is 4.98 Å². The summed E-state index contributed by atoms with van der Waals surface area (Å²) in [6, 6.07) is 9.32. The van der Waals surface area contributed by atoms with Crippen molar-refractivity contribution in [1.82, 2.24) is 24.3 Å². The SMILES string of the molecule is Cn1cc(Nc2nccc(-n3cc(C(N)=O)c4ccccc43)n2)cn1. The van der Waals surface area contributed by atoms with Crippen molar-refractivity contribution < 1.29 is 4.79 Å². The lowest BCUT2D eigenvalue weighted by atomic mass is 10.2. The number of aromatic nitrogens is 5. The maximum Gasteiger partial charge on any atom is 0.250 e. The van der Waals surface area contributed by atoms with E-state index in [4.69, 9.17) is 5.73 Å². The minimum absolute atomic E-state index is 0.434. The van der Waals surface area contributed by atoms with Crippen LogP contribution in [0.2, 0.25) is 0 Å². The third kappa shape index (κ3) is 2.69. The summed E-state index contributed by atoms with van der Waals surface area (Å²) in [4.78, 5) is 20.5. The zero-order valence-corrected chi connectivity index (χ0v) is 13.4. The second-order valence-electron chi connectivity index (χ2n) is 5.56. The smallest absolute Gasteiger partial charge is 0.250 e. The van der Waals surface area contributed by atoms with Crippen LogP contribution in [0.15, 0.2) is 55.1 Å². The number of carbonyl (C=O) groups excluding carboxylic acids is 1. The molecule has 3 aromatic heterocycles. The Morgan fingerprint density at radius 3 is 2.80 bits per heavy atom. The highest BCUT2D eigenvalue weighted by Gasteiger charge is 2.14. The molecule has 1 aromatic carbocycles. The van der Waals surface area contributed by atoms with Crippen LogP contribution in [0.25, 0.3) is 16.7 Å². The molecule has 8 heteroatoms. The van der Waals surface area contributed by atoms with Gasteiger partial charge in [-0.3, -0.25) is 9.48 Å². The zero-order valence-electron chi connectivity index (χ0n) is 13.4. The highest BCUT2D eigenvalue weighted by Crippen LogP contribution is 2.24. The van der Waals surface area contributed by atoms with E-state index in [9.17, 15) is 4.79 Å². The molecule has 0 aliphatic heterocycles. The van der Waals surface area contributed by atoms with E-state index in [0.29, 0.717) is 17.3 Å². The highest BCUT2D eigenvalue weighted by molar-refractivity contribution is 6.06. The lowest BCUT2D eigenvalue weighted by Gasteiger charge is -2.07. The van der Waals surface area contributed by atoms with E-state index in [1.54, 1.807) is 29.3 Å². The van der Waals surface area contributed by atoms with Gasteiger partial charge in [-0.1, -0.05) is 18.2 Å². The Kier molecular flexibility index (Phi) is 3.42. The van der Waals surface area contributed by atoms with E-state index in [1.807, 2.05) is 42.1 Å². The molecule has 0 unspecified atom stereocenters.